The molecule has 0 aliphatic carbocycles. The van der Waals surface area contributed by atoms with Crippen molar-refractivity contribution in [2.75, 3.05) is 18.1 Å². The van der Waals surface area contributed by atoms with Gasteiger partial charge >= 0.3 is 0 Å². The van der Waals surface area contributed by atoms with E-state index in [4.69, 9.17) is 4.74 Å². The molecule has 1 saturated heterocycles. The lowest BCUT2D eigenvalue weighted by atomic mass is 10.1. The molecule has 4 rings (SSSR count). The summed E-state index contributed by atoms with van der Waals surface area (Å²) < 4.78 is 5.56. The average Bonchev–Trinajstić information content (AvgIpc) is 3.51. The number of carbonyl (C=O) groups excluding carboxylic acids is 2. The molecule has 0 bridgehead atoms. The third kappa shape index (κ3) is 5.81. The van der Waals surface area contributed by atoms with Crippen molar-refractivity contribution >= 4 is 28.8 Å². The first kappa shape index (κ1) is 21.3. The van der Waals surface area contributed by atoms with Gasteiger partial charge in [-0.25, -0.2) is 0 Å². The van der Waals surface area contributed by atoms with E-state index >= 15 is 0 Å². The number of hydrogen-bond acceptors (Lipinski definition) is 4. The molecule has 0 spiro atoms. The average molecular weight is 435 g/mol. The van der Waals surface area contributed by atoms with E-state index in [0.717, 1.165) is 36.3 Å². The third-order valence-electron chi connectivity index (χ3n) is 5.30. The maximum Gasteiger partial charge on any atom is 0.268 e. The smallest absolute Gasteiger partial charge is 0.268 e. The van der Waals surface area contributed by atoms with Gasteiger partial charge in [0.15, 0.2) is 0 Å². The van der Waals surface area contributed by atoms with Crippen molar-refractivity contribution in [3.63, 3.8) is 0 Å². The van der Waals surface area contributed by atoms with Gasteiger partial charge in [-0.1, -0.05) is 48.5 Å². The lowest BCUT2D eigenvalue weighted by Crippen LogP contribution is -2.33. The fourth-order valence-corrected chi connectivity index (χ4v) is 4.37. The van der Waals surface area contributed by atoms with Crippen LogP contribution in [0.15, 0.2) is 72.1 Å². The lowest BCUT2D eigenvalue weighted by molar-refractivity contribution is -0.120. The first-order valence-corrected chi connectivity index (χ1v) is 11.4. The van der Waals surface area contributed by atoms with Crippen molar-refractivity contribution in [1.29, 1.82) is 0 Å². The standard InChI is InChI=1S/C25H26N2O3S/c28-24(26-17-22-11-5-13-30-22)16-20-9-4-10-21(15-20)27(18-19-7-2-1-3-8-19)25(29)23-12-6-14-31-23/h1-4,6-10,12,14-15,22H,5,11,13,16-18H2,(H,26,28)/t22-/m0/s1. The molecule has 6 heteroatoms. The Balaban J connectivity index is 1.49. The van der Waals surface area contributed by atoms with Crippen LogP contribution in [0.3, 0.4) is 0 Å². The Morgan fingerprint density at radius 1 is 1.03 bits per heavy atom. The summed E-state index contributed by atoms with van der Waals surface area (Å²) in [5.74, 6) is -0.0781. The maximum absolute atomic E-state index is 13.2. The lowest BCUT2D eigenvalue weighted by Gasteiger charge is -2.23. The van der Waals surface area contributed by atoms with E-state index in [1.807, 2.05) is 72.1 Å². The molecule has 0 radical (unpaired) electrons. The molecule has 0 unspecified atom stereocenters. The van der Waals surface area contributed by atoms with Gasteiger partial charge in [0.1, 0.15) is 0 Å². The minimum absolute atomic E-state index is 0.0353. The van der Waals surface area contributed by atoms with E-state index in [0.29, 0.717) is 18.0 Å². The van der Waals surface area contributed by atoms with Gasteiger partial charge in [0.2, 0.25) is 5.91 Å². The Bertz CT molecular complexity index is 999. The molecule has 31 heavy (non-hydrogen) atoms. The second-order valence-corrected chi connectivity index (χ2v) is 8.59. The highest BCUT2D eigenvalue weighted by molar-refractivity contribution is 7.12. The molecule has 2 aromatic carbocycles. The Hall–Kier alpha value is -2.96. The van der Waals surface area contributed by atoms with Gasteiger partial charge in [-0.15, -0.1) is 11.3 Å². The van der Waals surface area contributed by atoms with Crippen molar-refractivity contribution < 1.29 is 14.3 Å². The Labute approximate surface area is 186 Å². The number of thiophene rings is 1. The number of hydrogen-bond donors (Lipinski definition) is 1. The molecule has 1 fully saturated rings. The summed E-state index contributed by atoms with van der Waals surface area (Å²) >= 11 is 1.43. The molecule has 1 aliphatic rings. The van der Waals surface area contributed by atoms with Crippen LogP contribution in [0, 0.1) is 0 Å². The van der Waals surface area contributed by atoms with Crippen LogP contribution in [-0.2, 0) is 22.5 Å². The molecule has 1 aliphatic heterocycles. The van der Waals surface area contributed by atoms with E-state index in [1.165, 1.54) is 11.3 Å². The maximum atomic E-state index is 13.2. The molecule has 1 aromatic heterocycles. The SMILES string of the molecule is O=C(Cc1cccc(N(Cc2ccccc2)C(=O)c2cccs2)c1)NC[C@@H]1CCCO1. The fraction of sp³-hybridized carbons (Fsp3) is 0.280. The highest BCUT2D eigenvalue weighted by atomic mass is 32.1. The fourth-order valence-electron chi connectivity index (χ4n) is 3.69. The molecule has 0 saturated carbocycles. The summed E-state index contributed by atoms with van der Waals surface area (Å²) in [6.45, 7) is 1.79. The van der Waals surface area contributed by atoms with Crippen LogP contribution in [0.4, 0.5) is 5.69 Å². The van der Waals surface area contributed by atoms with Crippen LogP contribution in [0.25, 0.3) is 0 Å². The number of benzene rings is 2. The van der Waals surface area contributed by atoms with Crippen LogP contribution in [0.2, 0.25) is 0 Å². The number of nitrogens with zero attached hydrogens (tertiary/aromatic N) is 1. The van der Waals surface area contributed by atoms with Gasteiger partial charge in [-0.2, -0.15) is 0 Å². The zero-order chi connectivity index (χ0) is 21.5. The number of nitrogens with one attached hydrogen (secondary N) is 1. The topological polar surface area (TPSA) is 58.6 Å². The predicted octanol–water partition coefficient (Wildman–Crippen LogP) is 4.43. The molecule has 160 valence electrons. The van der Waals surface area contributed by atoms with Crippen molar-refractivity contribution in [3.8, 4) is 0 Å². The van der Waals surface area contributed by atoms with Crippen LogP contribution in [-0.4, -0.2) is 31.1 Å². The number of ether oxygens (including phenoxy) is 1. The van der Waals surface area contributed by atoms with Crippen molar-refractivity contribution in [3.05, 3.63) is 88.1 Å². The number of carbonyl (C=O) groups is 2. The molecule has 2 amide bonds. The normalized spacial score (nSPS) is 15.5. The quantitative estimate of drug-likeness (QED) is 0.571. The van der Waals surface area contributed by atoms with Crippen LogP contribution < -0.4 is 10.2 Å². The molecule has 2 heterocycles. The Morgan fingerprint density at radius 3 is 2.61 bits per heavy atom. The van der Waals surface area contributed by atoms with Crippen LogP contribution in [0.5, 0.6) is 0 Å². The van der Waals surface area contributed by atoms with Crippen molar-refractivity contribution in [2.45, 2.75) is 31.9 Å². The monoisotopic (exact) mass is 434 g/mol. The largest absolute Gasteiger partial charge is 0.376 e. The zero-order valence-corrected chi connectivity index (χ0v) is 18.1. The first-order chi connectivity index (χ1) is 15.2. The van der Waals surface area contributed by atoms with Gasteiger partial charge in [0.25, 0.3) is 5.91 Å². The van der Waals surface area contributed by atoms with Crippen molar-refractivity contribution in [2.24, 2.45) is 0 Å². The summed E-state index contributed by atoms with van der Waals surface area (Å²) in [5, 5.41) is 4.87. The van der Waals surface area contributed by atoms with Gasteiger partial charge in [-0.3, -0.25) is 9.59 Å². The molecule has 1 atom stereocenters. The highest BCUT2D eigenvalue weighted by Gasteiger charge is 2.20. The summed E-state index contributed by atoms with van der Waals surface area (Å²) in [5.41, 5.74) is 2.71. The molecule has 1 N–H and O–H groups in total. The Kier molecular flexibility index (Phi) is 7.12. The number of rotatable bonds is 8. The van der Waals surface area contributed by atoms with Gasteiger partial charge in [0.05, 0.1) is 23.9 Å². The molecule has 3 aromatic rings. The minimum atomic E-state index is -0.0427. The number of anilines is 1. The highest BCUT2D eigenvalue weighted by Crippen LogP contribution is 2.23. The number of amides is 2. The van der Waals surface area contributed by atoms with Crippen LogP contribution >= 0.6 is 11.3 Å². The minimum Gasteiger partial charge on any atom is -0.376 e. The molecular weight excluding hydrogens is 408 g/mol. The summed E-state index contributed by atoms with van der Waals surface area (Å²) in [4.78, 5) is 28.1. The summed E-state index contributed by atoms with van der Waals surface area (Å²) in [7, 11) is 0. The van der Waals surface area contributed by atoms with E-state index in [1.54, 1.807) is 4.90 Å². The second-order valence-electron chi connectivity index (χ2n) is 7.64. The van der Waals surface area contributed by atoms with E-state index in [-0.39, 0.29) is 24.3 Å². The molecular formula is C25H26N2O3S. The van der Waals surface area contributed by atoms with Gasteiger partial charge in [0, 0.05) is 18.8 Å². The first-order valence-electron chi connectivity index (χ1n) is 10.6. The van der Waals surface area contributed by atoms with Gasteiger partial charge in [-0.05, 0) is 47.5 Å². The summed E-state index contributed by atoms with van der Waals surface area (Å²) in [6.07, 6.45) is 2.44. The van der Waals surface area contributed by atoms with E-state index in [9.17, 15) is 9.59 Å². The Morgan fingerprint density at radius 2 is 1.87 bits per heavy atom. The second kappa shape index (κ2) is 10.4. The predicted molar refractivity (Wildman–Crippen MR) is 123 cm³/mol. The van der Waals surface area contributed by atoms with E-state index in [2.05, 4.69) is 5.32 Å². The zero-order valence-electron chi connectivity index (χ0n) is 17.3. The van der Waals surface area contributed by atoms with E-state index < -0.39 is 0 Å². The van der Waals surface area contributed by atoms with Crippen LogP contribution in [0.1, 0.15) is 33.6 Å². The van der Waals surface area contributed by atoms with Crippen molar-refractivity contribution in [1.82, 2.24) is 5.32 Å². The third-order valence-corrected chi connectivity index (χ3v) is 6.16. The molecule has 5 nitrogen and oxygen atoms in total. The van der Waals surface area contributed by atoms with Gasteiger partial charge < -0.3 is 15.0 Å². The summed E-state index contributed by atoms with van der Waals surface area (Å²) in [6, 6.07) is 21.3.